The second-order valence-electron chi connectivity index (χ2n) is 10.2. The van der Waals surface area contributed by atoms with Crippen molar-refractivity contribution in [2.75, 3.05) is 13.1 Å². The zero-order valence-electron chi connectivity index (χ0n) is 22.5. The average Bonchev–Trinajstić information content (AvgIpc) is 3.41. The van der Waals surface area contributed by atoms with E-state index in [0.29, 0.717) is 18.0 Å². The lowest BCUT2D eigenvalue weighted by atomic mass is 10.00. The van der Waals surface area contributed by atoms with Gasteiger partial charge in [-0.1, -0.05) is 66.7 Å². The summed E-state index contributed by atoms with van der Waals surface area (Å²) in [6.45, 7) is 4.87. The second kappa shape index (κ2) is 10.7. The van der Waals surface area contributed by atoms with Crippen molar-refractivity contribution in [1.82, 2.24) is 14.4 Å². The van der Waals surface area contributed by atoms with Crippen molar-refractivity contribution in [3.63, 3.8) is 0 Å². The van der Waals surface area contributed by atoms with E-state index in [2.05, 4.69) is 47.0 Å². The fraction of sp³-hybridized carbons (Fsp3) is 0.182. The third-order valence-corrected chi connectivity index (χ3v) is 8.55. The number of thioether (sulfide) groups is 1. The van der Waals surface area contributed by atoms with Gasteiger partial charge in [-0.3, -0.25) is 19.3 Å². The Morgan fingerprint density at radius 2 is 1.55 bits per heavy atom. The van der Waals surface area contributed by atoms with Gasteiger partial charge in [-0.2, -0.15) is 0 Å². The van der Waals surface area contributed by atoms with Gasteiger partial charge < -0.3 is 9.47 Å². The van der Waals surface area contributed by atoms with E-state index in [1.54, 1.807) is 11.0 Å². The van der Waals surface area contributed by atoms with E-state index in [4.69, 9.17) is 0 Å². The molecule has 0 saturated carbocycles. The predicted octanol–water partition coefficient (Wildman–Crippen LogP) is 6.38. The van der Waals surface area contributed by atoms with E-state index >= 15 is 0 Å². The molecular weight excluding hydrogens is 518 g/mol. The summed E-state index contributed by atoms with van der Waals surface area (Å²) >= 11 is 0.892. The van der Waals surface area contributed by atoms with Crippen LogP contribution in [0.2, 0.25) is 0 Å². The lowest BCUT2D eigenvalue weighted by Gasteiger charge is -2.29. The zero-order chi connectivity index (χ0) is 27.8. The van der Waals surface area contributed by atoms with Crippen LogP contribution in [0.4, 0.5) is 4.79 Å². The van der Waals surface area contributed by atoms with Crippen molar-refractivity contribution in [1.29, 1.82) is 0 Å². The molecule has 0 aliphatic carbocycles. The molecule has 0 atom stereocenters. The maximum atomic E-state index is 13.2. The highest BCUT2D eigenvalue weighted by Crippen LogP contribution is 2.34. The first-order chi connectivity index (χ1) is 19.4. The van der Waals surface area contributed by atoms with Gasteiger partial charge in [0.15, 0.2) is 0 Å². The van der Waals surface area contributed by atoms with E-state index in [9.17, 15) is 14.4 Å². The fourth-order valence-electron chi connectivity index (χ4n) is 5.49. The number of aryl methyl sites for hydroxylation is 1. The summed E-state index contributed by atoms with van der Waals surface area (Å²) in [5.41, 5.74) is 8.55. The van der Waals surface area contributed by atoms with E-state index in [1.807, 2.05) is 56.3 Å². The van der Waals surface area contributed by atoms with Gasteiger partial charge in [0.25, 0.3) is 11.1 Å². The number of amides is 3. The highest BCUT2D eigenvalue weighted by molar-refractivity contribution is 8.18. The third kappa shape index (κ3) is 4.89. The highest BCUT2D eigenvalue weighted by Gasteiger charge is 2.37. The number of imide groups is 1. The molecule has 2 aliphatic heterocycles. The Hall–Kier alpha value is -4.36. The van der Waals surface area contributed by atoms with Crippen LogP contribution < -0.4 is 0 Å². The molecule has 3 aromatic carbocycles. The Labute approximate surface area is 237 Å². The molecule has 2 aliphatic rings. The quantitative estimate of drug-likeness (QED) is 0.272. The van der Waals surface area contributed by atoms with Gasteiger partial charge in [0.1, 0.15) is 6.54 Å². The molecule has 0 radical (unpaired) electrons. The topological polar surface area (TPSA) is 62.6 Å². The minimum atomic E-state index is -0.419. The number of carbonyl (C=O) groups excluding carboxylic acids is 3. The fourth-order valence-corrected chi connectivity index (χ4v) is 6.32. The lowest BCUT2D eigenvalue weighted by Crippen LogP contribution is -2.44. The Kier molecular flexibility index (Phi) is 6.90. The van der Waals surface area contributed by atoms with Crippen molar-refractivity contribution >= 4 is 34.9 Å². The van der Waals surface area contributed by atoms with Crippen LogP contribution in [0.15, 0.2) is 89.8 Å². The lowest BCUT2D eigenvalue weighted by molar-refractivity contribution is -0.136. The number of fused-ring (bicyclic) bond motifs is 1. The normalized spacial score (nSPS) is 16.1. The molecule has 0 unspecified atom stereocenters. The van der Waals surface area contributed by atoms with Crippen molar-refractivity contribution in [2.45, 2.75) is 26.8 Å². The molecule has 6 nitrogen and oxygen atoms in total. The van der Waals surface area contributed by atoms with E-state index in [-0.39, 0.29) is 12.5 Å². The van der Waals surface area contributed by atoms with Gasteiger partial charge in [-0.05, 0) is 84.1 Å². The van der Waals surface area contributed by atoms with E-state index in [1.165, 1.54) is 5.56 Å². The van der Waals surface area contributed by atoms with Gasteiger partial charge in [-0.25, -0.2) is 0 Å². The average molecular weight is 548 g/mol. The highest BCUT2D eigenvalue weighted by atomic mass is 32.2. The van der Waals surface area contributed by atoms with Crippen LogP contribution >= 0.6 is 11.8 Å². The summed E-state index contributed by atoms with van der Waals surface area (Å²) in [6, 6.07) is 28.7. The number of hydrogen-bond donors (Lipinski definition) is 0. The SMILES string of the molecule is Cc1cc(/C=C2/SC(=O)N(CC(=O)N3CCc4ccccc4C3)C2=O)c(C)n1-c1ccc(-c2ccccc2)cc1. The maximum Gasteiger partial charge on any atom is 0.294 e. The van der Waals surface area contributed by atoms with Gasteiger partial charge in [0.2, 0.25) is 5.91 Å². The zero-order valence-corrected chi connectivity index (χ0v) is 23.3. The molecule has 40 heavy (non-hydrogen) atoms. The van der Waals surface area contributed by atoms with Crippen LogP contribution in [-0.4, -0.2) is 44.5 Å². The number of benzene rings is 3. The summed E-state index contributed by atoms with van der Waals surface area (Å²) in [7, 11) is 0. The number of nitrogens with zero attached hydrogens (tertiary/aromatic N) is 3. The third-order valence-electron chi connectivity index (χ3n) is 7.64. The molecule has 6 rings (SSSR count). The summed E-state index contributed by atoms with van der Waals surface area (Å²) in [5, 5.41) is -0.410. The van der Waals surface area contributed by atoms with Crippen LogP contribution in [0, 0.1) is 13.8 Å². The van der Waals surface area contributed by atoms with Gasteiger partial charge in [-0.15, -0.1) is 0 Å². The van der Waals surface area contributed by atoms with Crippen LogP contribution in [0.5, 0.6) is 0 Å². The van der Waals surface area contributed by atoms with Crippen molar-refractivity contribution < 1.29 is 14.4 Å². The molecule has 4 aromatic rings. The van der Waals surface area contributed by atoms with E-state index in [0.717, 1.165) is 62.4 Å². The molecule has 1 aromatic heterocycles. The largest absolute Gasteiger partial charge is 0.336 e. The molecule has 0 bridgehead atoms. The number of carbonyl (C=O) groups is 3. The molecule has 7 heteroatoms. The van der Waals surface area contributed by atoms with Crippen molar-refractivity contribution in [3.8, 4) is 16.8 Å². The predicted molar refractivity (Wildman–Crippen MR) is 159 cm³/mol. The summed E-state index contributed by atoms with van der Waals surface area (Å²) in [4.78, 5) is 42.2. The van der Waals surface area contributed by atoms with Crippen molar-refractivity contribution in [2.24, 2.45) is 0 Å². The van der Waals surface area contributed by atoms with E-state index < -0.39 is 11.1 Å². The van der Waals surface area contributed by atoms with Gasteiger partial charge in [0, 0.05) is 30.2 Å². The van der Waals surface area contributed by atoms with Crippen LogP contribution in [0.25, 0.3) is 22.9 Å². The van der Waals surface area contributed by atoms with Crippen molar-refractivity contribution in [3.05, 3.63) is 118 Å². The summed E-state index contributed by atoms with van der Waals surface area (Å²) in [6.07, 6.45) is 2.54. The second-order valence-corrected chi connectivity index (χ2v) is 11.2. The molecule has 0 N–H and O–H groups in total. The smallest absolute Gasteiger partial charge is 0.294 e. The summed E-state index contributed by atoms with van der Waals surface area (Å²) < 4.78 is 2.14. The van der Waals surface area contributed by atoms with Crippen LogP contribution in [0.3, 0.4) is 0 Å². The Morgan fingerprint density at radius 3 is 2.30 bits per heavy atom. The van der Waals surface area contributed by atoms with Crippen LogP contribution in [0.1, 0.15) is 28.1 Å². The Balaban J connectivity index is 1.18. The Morgan fingerprint density at radius 1 is 0.875 bits per heavy atom. The molecular formula is C33H29N3O3S. The summed E-state index contributed by atoms with van der Waals surface area (Å²) in [5.74, 6) is -0.632. The maximum absolute atomic E-state index is 13.2. The molecule has 3 amide bonds. The molecule has 200 valence electrons. The first-order valence-electron chi connectivity index (χ1n) is 13.3. The monoisotopic (exact) mass is 547 g/mol. The molecule has 1 fully saturated rings. The number of aromatic nitrogens is 1. The molecule has 3 heterocycles. The number of rotatable bonds is 5. The van der Waals surface area contributed by atoms with Gasteiger partial charge in [0.05, 0.1) is 4.91 Å². The Bertz CT molecular complexity index is 1650. The van der Waals surface area contributed by atoms with Gasteiger partial charge >= 0.3 is 0 Å². The minimum Gasteiger partial charge on any atom is -0.336 e. The number of hydrogen-bond acceptors (Lipinski definition) is 4. The minimum absolute atomic E-state index is 0.213. The first kappa shape index (κ1) is 25.9. The standard InChI is InChI=1S/C33H29N3O3S/c1-22-18-28(23(2)36(22)29-14-12-26(13-15-29)24-8-4-3-5-9-24)19-30-32(38)35(33(39)40-30)21-31(37)34-17-16-25-10-6-7-11-27(25)20-34/h3-15,18-19H,16-17,20-21H2,1-2H3/b30-19+. The van der Waals surface area contributed by atoms with Crippen LogP contribution in [-0.2, 0) is 22.6 Å². The molecule has 0 spiro atoms. The molecule has 1 saturated heterocycles. The first-order valence-corrected chi connectivity index (χ1v) is 14.2.